The summed E-state index contributed by atoms with van der Waals surface area (Å²) in [5.41, 5.74) is 2.14. The lowest BCUT2D eigenvalue weighted by atomic mass is 10.1. The summed E-state index contributed by atoms with van der Waals surface area (Å²) >= 11 is 0. The highest BCUT2D eigenvalue weighted by Crippen LogP contribution is 2.28. The van der Waals surface area contributed by atoms with Crippen LogP contribution in [0.5, 0.6) is 0 Å². The van der Waals surface area contributed by atoms with Crippen molar-refractivity contribution in [1.82, 2.24) is 0 Å². The SMILES string of the molecule is CCCCCCCCC(=O)N1CCCNc2ccccc21. The molecule has 1 heterocycles. The number of nitrogens with one attached hydrogen (secondary N) is 1. The van der Waals surface area contributed by atoms with E-state index in [1.807, 2.05) is 23.1 Å². The van der Waals surface area contributed by atoms with Crippen LogP contribution < -0.4 is 10.2 Å². The normalized spacial score (nSPS) is 14.2. The summed E-state index contributed by atoms with van der Waals surface area (Å²) < 4.78 is 0. The standard InChI is InChI=1S/C18H28N2O/c1-2-3-4-5-6-7-13-18(21)20-15-10-14-19-16-11-8-9-12-17(16)20/h8-9,11-12,19H,2-7,10,13-15H2,1H3. The van der Waals surface area contributed by atoms with Crippen molar-refractivity contribution in [2.24, 2.45) is 0 Å². The van der Waals surface area contributed by atoms with Gasteiger partial charge in [-0.15, -0.1) is 0 Å². The van der Waals surface area contributed by atoms with Crippen LogP contribution in [0.15, 0.2) is 24.3 Å². The third-order valence-electron chi connectivity index (χ3n) is 4.11. The Morgan fingerprint density at radius 3 is 2.76 bits per heavy atom. The van der Waals surface area contributed by atoms with Crippen molar-refractivity contribution in [3.8, 4) is 0 Å². The molecule has 1 aromatic carbocycles. The number of hydrogen-bond acceptors (Lipinski definition) is 2. The number of nitrogens with zero attached hydrogens (tertiary/aromatic N) is 1. The number of fused-ring (bicyclic) bond motifs is 1. The maximum absolute atomic E-state index is 12.5. The zero-order valence-corrected chi connectivity index (χ0v) is 13.2. The monoisotopic (exact) mass is 288 g/mol. The summed E-state index contributed by atoms with van der Waals surface area (Å²) in [6.45, 7) is 4.00. The van der Waals surface area contributed by atoms with E-state index in [1.165, 1.54) is 32.1 Å². The molecule has 1 aliphatic rings. The Balaban J connectivity index is 1.84. The van der Waals surface area contributed by atoms with Gasteiger partial charge >= 0.3 is 0 Å². The van der Waals surface area contributed by atoms with Crippen LogP contribution >= 0.6 is 0 Å². The number of carbonyl (C=O) groups excluding carboxylic acids is 1. The number of carbonyl (C=O) groups is 1. The smallest absolute Gasteiger partial charge is 0.227 e. The first-order chi connectivity index (χ1) is 10.3. The van der Waals surface area contributed by atoms with Gasteiger partial charge in [0.15, 0.2) is 0 Å². The zero-order chi connectivity index (χ0) is 14.9. The minimum absolute atomic E-state index is 0.279. The summed E-state index contributed by atoms with van der Waals surface area (Å²) in [5.74, 6) is 0.279. The van der Waals surface area contributed by atoms with Gasteiger partial charge in [-0.1, -0.05) is 51.2 Å². The largest absolute Gasteiger partial charge is 0.383 e. The van der Waals surface area contributed by atoms with Gasteiger partial charge in [0.05, 0.1) is 11.4 Å². The molecule has 0 saturated heterocycles. The predicted molar refractivity (Wildman–Crippen MR) is 89.9 cm³/mol. The van der Waals surface area contributed by atoms with Crippen molar-refractivity contribution in [1.29, 1.82) is 0 Å². The number of amides is 1. The molecular formula is C18H28N2O. The molecule has 0 fully saturated rings. The van der Waals surface area contributed by atoms with E-state index in [-0.39, 0.29) is 5.91 Å². The highest BCUT2D eigenvalue weighted by atomic mass is 16.2. The van der Waals surface area contributed by atoms with E-state index in [4.69, 9.17) is 0 Å². The van der Waals surface area contributed by atoms with E-state index in [2.05, 4.69) is 18.3 Å². The van der Waals surface area contributed by atoms with Crippen molar-refractivity contribution in [2.45, 2.75) is 58.3 Å². The van der Waals surface area contributed by atoms with E-state index in [0.717, 1.165) is 37.3 Å². The summed E-state index contributed by atoms with van der Waals surface area (Å²) in [7, 11) is 0. The van der Waals surface area contributed by atoms with E-state index in [1.54, 1.807) is 0 Å². The van der Waals surface area contributed by atoms with Crippen LogP contribution in [0.25, 0.3) is 0 Å². The molecule has 1 aliphatic heterocycles. The zero-order valence-electron chi connectivity index (χ0n) is 13.2. The maximum Gasteiger partial charge on any atom is 0.227 e. The molecule has 0 aliphatic carbocycles. The van der Waals surface area contributed by atoms with Gasteiger partial charge in [0.1, 0.15) is 0 Å². The first-order valence-electron chi connectivity index (χ1n) is 8.46. The first kappa shape index (κ1) is 15.9. The van der Waals surface area contributed by atoms with E-state index >= 15 is 0 Å². The second-order valence-electron chi connectivity index (χ2n) is 5.86. The molecule has 1 aromatic rings. The highest BCUT2D eigenvalue weighted by molar-refractivity contribution is 5.96. The number of anilines is 2. The maximum atomic E-state index is 12.5. The van der Waals surface area contributed by atoms with Gasteiger partial charge in [-0.3, -0.25) is 4.79 Å². The second-order valence-corrected chi connectivity index (χ2v) is 5.86. The van der Waals surface area contributed by atoms with Crippen LogP contribution in [0.2, 0.25) is 0 Å². The minimum Gasteiger partial charge on any atom is -0.383 e. The van der Waals surface area contributed by atoms with Gasteiger partial charge in [0.2, 0.25) is 5.91 Å². The fraction of sp³-hybridized carbons (Fsp3) is 0.611. The number of para-hydroxylation sites is 2. The molecular weight excluding hydrogens is 260 g/mol. The van der Waals surface area contributed by atoms with Crippen molar-refractivity contribution >= 4 is 17.3 Å². The average Bonchev–Trinajstić information content (AvgIpc) is 2.73. The van der Waals surface area contributed by atoms with E-state index in [9.17, 15) is 4.79 Å². The first-order valence-corrected chi connectivity index (χ1v) is 8.46. The fourth-order valence-electron chi connectivity index (χ4n) is 2.89. The quantitative estimate of drug-likeness (QED) is 0.744. The van der Waals surface area contributed by atoms with Crippen LogP contribution in [0.1, 0.15) is 58.3 Å². The van der Waals surface area contributed by atoms with Gasteiger partial charge < -0.3 is 10.2 Å². The molecule has 21 heavy (non-hydrogen) atoms. The van der Waals surface area contributed by atoms with Crippen molar-refractivity contribution in [3.63, 3.8) is 0 Å². The minimum atomic E-state index is 0.279. The van der Waals surface area contributed by atoms with Gasteiger partial charge in [0.25, 0.3) is 0 Å². The Hall–Kier alpha value is -1.51. The molecule has 0 bridgehead atoms. The third-order valence-corrected chi connectivity index (χ3v) is 4.11. The van der Waals surface area contributed by atoms with E-state index < -0.39 is 0 Å². The van der Waals surface area contributed by atoms with Gasteiger partial charge in [-0.2, -0.15) is 0 Å². The molecule has 3 nitrogen and oxygen atoms in total. The van der Waals surface area contributed by atoms with Crippen LogP contribution in [0.4, 0.5) is 11.4 Å². The van der Waals surface area contributed by atoms with E-state index in [0.29, 0.717) is 6.42 Å². The predicted octanol–water partition coefficient (Wildman–Crippen LogP) is 4.59. The number of benzene rings is 1. The lowest BCUT2D eigenvalue weighted by Gasteiger charge is -2.22. The van der Waals surface area contributed by atoms with Gasteiger partial charge in [-0.25, -0.2) is 0 Å². The summed E-state index contributed by atoms with van der Waals surface area (Å²) in [4.78, 5) is 14.5. The topological polar surface area (TPSA) is 32.3 Å². The highest BCUT2D eigenvalue weighted by Gasteiger charge is 2.19. The van der Waals surface area contributed by atoms with Crippen molar-refractivity contribution in [2.75, 3.05) is 23.3 Å². The molecule has 0 radical (unpaired) electrons. The Morgan fingerprint density at radius 2 is 1.90 bits per heavy atom. The lowest BCUT2D eigenvalue weighted by molar-refractivity contribution is -0.118. The van der Waals surface area contributed by atoms with Crippen LogP contribution in [-0.2, 0) is 4.79 Å². The van der Waals surface area contributed by atoms with Crippen LogP contribution in [-0.4, -0.2) is 19.0 Å². The third kappa shape index (κ3) is 4.76. The molecule has 116 valence electrons. The summed E-state index contributed by atoms with van der Waals surface area (Å²) in [6, 6.07) is 8.14. The fourth-order valence-corrected chi connectivity index (χ4v) is 2.89. The molecule has 0 unspecified atom stereocenters. The average molecular weight is 288 g/mol. The molecule has 1 amide bonds. The van der Waals surface area contributed by atoms with Crippen LogP contribution in [0, 0.1) is 0 Å². The molecule has 0 spiro atoms. The summed E-state index contributed by atoms with van der Waals surface area (Å²) in [5, 5.41) is 3.41. The molecule has 2 rings (SSSR count). The number of unbranched alkanes of at least 4 members (excludes halogenated alkanes) is 5. The van der Waals surface area contributed by atoms with Gasteiger partial charge in [-0.05, 0) is 25.0 Å². The molecule has 3 heteroatoms. The number of hydrogen-bond donors (Lipinski definition) is 1. The van der Waals surface area contributed by atoms with Crippen LogP contribution in [0.3, 0.4) is 0 Å². The Kier molecular flexibility index (Phi) is 6.58. The Bertz CT molecular complexity index is 445. The Labute approximate surface area is 128 Å². The molecule has 0 saturated carbocycles. The molecule has 0 aromatic heterocycles. The van der Waals surface area contributed by atoms with Gasteiger partial charge in [0, 0.05) is 19.5 Å². The summed E-state index contributed by atoms with van der Waals surface area (Å²) in [6.07, 6.45) is 9.06. The number of rotatable bonds is 7. The molecule has 0 atom stereocenters. The Morgan fingerprint density at radius 1 is 1.14 bits per heavy atom. The lowest BCUT2D eigenvalue weighted by Crippen LogP contribution is -2.31. The second kappa shape index (κ2) is 8.71. The van der Waals surface area contributed by atoms with Crippen molar-refractivity contribution in [3.05, 3.63) is 24.3 Å². The molecule has 1 N–H and O–H groups in total. The van der Waals surface area contributed by atoms with Crippen molar-refractivity contribution < 1.29 is 4.79 Å².